The minimum absolute atomic E-state index is 0.181. The molecule has 0 radical (unpaired) electrons. The second-order valence-electron chi connectivity index (χ2n) is 7.09. The van der Waals surface area contributed by atoms with Crippen molar-refractivity contribution in [2.45, 2.75) is 70.3 Å². The molecule has 4 heteroatoms. The van der Waals surface area contributed by atoms with Crippen LogP contribution in [0.3, 0.4) is 0 Å². The Balaban J connectivity index is 1.78. The molecule has 1 atom stereocenters. The number of hydrogen-bond donors (Lipinski definition) is 0. The molecule has 3 rings (SSSR count). The largest absolute Gasteiger partial charge is 0.341 e. The van der Waals surface area contributed by atoms with E-state index >= 15 is 0 Å². The number of carbonyl (C=O) groups is 2. The molecular weight excluding hydrogens is 264 g/mol. The van der Waals surface area contributed by atoms with Gasteiger partial charge in [-0.15, -0.1) is 0 Å². The van der Waals surface area contributed by atoms with E-state index < -0.39 is 0 Å². The molecular formula is C17H28N2O2. The van der Waals surface area contributed by atoms with Crippen LogP contribution in [0, 0.1) is 5.92 Å². The molecule has 4 nitrogen and oxygen atoms in total. The van der Waals surface area contributed by atoms with Crippen LogP contribution >= 0.6 is 0 Å². The standard InChI is InChI=1S/C17H28N2O2/c1-2-18-13-17(12-15(18)20)10-6-7-11-19(17)16(21)14-8-4-3-5-9-14/h14H,2-13H2,1H3/t17-/m1/s1. The summed E-state index contributed by atoms with van der Waals surface area (Å²) in [5, 5.41) is 0. The Hall–Kier alpha value is -1.06. The lowest BCUT2D eigenvalue weighted by atomic mass is 9.82. The first kappa shape index (κ1) is 14.9. The van der Waals surface area contributed by atoms with E-state index in [1.807, 2.05) is 11.8 Å². The van der Waals surface area contributed by atoms with Gasteiger partial charge in [-0.2, -0.15) is 0 Å². The Morgan fingerprint density at radius 1 is 1.19 bits per heavy atom. The minimum atomic E-state index is -0.181. The van der Waals surface area contributed by atoms with E-state index in [1.54, 1.807) is 0 Å². The Morgan fingerprint density at radius 2 is 1.95 bits per heavy atom. The first-order valence-corrected chi connectivity index (χ1v) is 8.75. The van der Waals surface area contributed by atoms with Gasteiger partial charge in [0, 0.05) is 25.6 Å². The zero-order valence-corrected chi connectivity index (χ0v) is 13.3. The third-order valence-corrected chi connectivity index (χ3v) is 5.77. The Bertz CT molecular complexity index is 417. The number of rotatable bonds is 2. The van der Waals surface area contributed by atoms with E-state index in [4.69, 9.17) is 0 Å². The van der Waals surface area contributed by atoms with E-state index in [0.717, 1.165) is 51.7 Å². The number of likely N-dealkylation sites (tertiary alicyclic amines) is 2. The first-order valence-electron chi connectivity index (χ1n) is 8.75. The SMILES string of the molecule is CCN1C[C@@]2(CCCCN2C(=O)C2CCCCC2)CC1=O. The van der Waals surface area contributed by atoms with Crippen LogP contribution < -0.4 is 0 Å². The topological polar surface area (TPSA) is 40.6 Å². The molecule has 2 saturated heterocycles. The van der Waals surface area contributed by atoms with E-state index in [-0.39, 0.29) is 17.4 Å². The molecule has 1 aliphatic carbocycles. The summed E-state index contributed by atoms with van der Waals surface area (Å²) in [4.78, 5) is 29.3. The molecule has 2 aliphatic heterocycles. The van der Waals surface area contributed by atoms with Crippen LogP contribution in [0.25, 0.3) is 0 Å². The number of nitrogens with zero attached hydrogens (tertiary/aromatic N) is 2. The molecule has 0 unspecified atom stereocenters. The van der Waals surface area contributed by atoms with Crippen LogP contribution in [0.4, 0.5) is 0 Å². The smallest absolute Gasteiger partial charge is 0.226 e. The molecule has 0 bridgehead atoms. The molecule has 0 aromatic heterocycles. The van der Waals surface area contributed by atoms with Gasteiger partial charge >= 0.3 is 0 Å². The van der Waals surface area contributed by atoms with Gasteiger partial charge in [0.25, 0.3) is 0 Å². The second-order valence-corrected chi connectivity index (χ2v) is 7.09. The molecule has 3 fully saturated rings. The monoisotopic (exact) mass is 292 g/mol. The highest BCUT2D eigenvalue weighted by atomic mass is 16.2. The van der Waals surface area contributed by atoms with Crippen molar-refractivity contribution in [2.24, 2.45) is 5.92 Å². The number of piperidine rings is 1. The average Bonchev–Trinajstić information content (AvgIpc) is 2.84. The molecule has 118 valence electrons. The van der Waals surface area contributed by atoms with E-state index in [0.29, 0.717) is 12.3 Å². The van der Waals surface area contributed by atoms with Gasteiger partial charge < -0.3 is 9.80 Å². The Labute approximate surface area is 127 Å². The van der Waals surface area contributed by atoms with Crippen molar-refractivity contribution in [3.8, 4) is 0 Å². The predicted molar refractivity (Wildman–Crippen MR) is 81.7 cm³/mol. The molecule has 2 heterocycles. The van der Waals surface area contributed by atoms with Crippen molar-refractivity contribution in [3.05, 3.63) is 0 Å². The average molecular weight is 292 g/mol. The van der Waals surface area contributed by atoms with Crippen molar-refractivity contribution >= 4 is 11.8 Å². The molecule has 1 saturated carbocycles. The number of likely N-dealkylation sites (N-methyl/N-ethyl adjacent to an activating group) is 1. The van der Waals surface area contributed by atoms with Gasteiger partial charge in [0.15, 0.2) is 0 Å². The molecule has 1 spiro atoms. The van der Waals surface area contributed by atoms with Crippen molar-refractivity contribution in [1.82, 2.24) is 9.80 Å². The maximum atomic E-state index is 13.0. The number of amides is 2. The Morgan fingerprint density at radius 3 is 2.62 bits per heavy atom. The summed E-state index contributed by atoms with van der Waals surface area (Å²) in [5.41, 5.74) is -0.181. The summed E-state index contributed by atoms with van der Waals surface area (Å²) in [6.07, 6.45) is 9.58. The predicted octanol–water partition coefficient (Wildman–Crippen LogP) is 2.57. The number of carbonyl (C=O) groups excluding carboxylic acids is 2. The molecule has 0 N–H and O–H groups in total. The summed E-state index contributed by atoms with van der Waals surface area (Å²) in [5.74, 6) is 0.806. The normalized spacial score (nSPS) is 31.2. The van der Waals surface area contributed by atoms with Gasteiger partial charge in [-0.25, -0.2) is 0 Å². The van der Waals surface area contributed by atoms with Crippen molar-refractivity contribution < 1.29 is 9.59 Å². The minimum Gasteiger partial charge on any atom is -0.341 e. The molecule has 3 aliphatic rings. The quantitative estimate of drug-likeness (QED) is 0.785. The van der Waals surface area contributed by atoms with Crippen LogP contribution in [-0.2, 0) is 9.59 Å². The van der Waals surface area contributed by atoms with E-state index in [2.05, 4.69) is 4.90 Å². The van der Waals surface area contributed by atoms with Gasteiger partial charge in [0.2, 0.25) is 11.8 Å². The first-order chi connectivity index (χ1) is 10.2. The molecule has 0 aromatic rings. The van der Waals surface area contributed by atoms with Crippen LogP contribution in [0.1, 0.15) is 64.7 Å². The highest BCUT2D eigenvalue weighted by Crippen LogP contribution is 2.39. The third kappa shape index (κ3) is 2.69. The van der Waals surface area contributed by atoms with Gasteiger partial charge in [0.1, 0.15) is 0 Å². The highest BCUT2D eigenvalue weighted by Gasteiger charge is 2.50. The lowest BCUT2D eigenvalue weighted by Gasteiger charge is -2.46. The summed E-state index contributed by atoms with van der Waals surface area (Å²) < 4.78 is 0. The lowest BCUT2D eigenvalue weighted by Crippen LogP contribution is -2.57. The molecule has 0 aromatic carbocycles. The fourth-order valence-corrected chi connectivity index (χ4v) is 4.54. The Kier molecular flexibility index (Phi) is 4.23. The summed E-state index contributed by atoms with van der Waals surface area (Å²) in [6.45, 7) is 4.43. The lowest BCUT2D eigenvalue weighted by molar-refractivity contribution is -0.145. The van der Waals surface area contributed by atoms with E-state index in [1.165, 1.54) is 19.3 Å². The van der Waals surface area contributed by atoms with Crippen molar-refractivity contribution in [1.29, 1.82) is 0 Å². The van der Waals surface area contributed by atoms with Crippen LogP contribution in [0.15, 0.2) is 0 Å². The van der Waals surface area contributed by atoms with Crippen LogP contribution in [0.2, 0.25) is 0 Å². The fourth-order valence-electron chi connectivity index (χ4n) is 4.54. The van der Waals surface area contributed by atoms with Gasteiger partial charge in [0.05, 0.1) is 12.0 Å². The van der Waals surface area contributed by atoms with Crippen molar-refractivity contribution in [2.75, 3.05) is 19.6 Å². The molecule has 2 amide bonds. The van der Waals surface area contributed by atoms with Gasteiger partial charge in [-0.05, 0) is 39.0 Å². The maximum absolute atomic E-state index is 13.0. The summed E-state index contributed by atoms with van der Waals surface area (Å²) in [6, 6.07) is 0. The van der Waals surface area contributed by atoms with Crippen LogP contribution in [0.5, 0.6) is 0 Å². The maximum Gasteiger partial charge on any atom is 0.226 e. The summed E-state index contributed by atoms with van der Waals surface area (Å²) in [7, 11) is 0. The van der Waals surface area contributed by atoms with Gasteiger partial charge in [-0.1, -0.05) is 19.3 Å². The van der Waals surface area contributed by atoms with Crippen molar-refractivity contribution in [3.63, 3.8) is 0 Å². The highest BCUT2D eigenvalue weighted by molar-refractivity contribution is 5.85. The van der Waals surface area contributed by atoms with E-state index in [9.17, 15) is 9.59 Å². The second kappa shape index (κ2) is 5.98. The van der Waals surface area contributed by atoms with Crippen LogP contribution in [-0.4, -0.2) is 46.8 Å². The molecule has 21 heavy (non-hydrogen) atoms. The van der Waals surface area contributed by atoms with Gasteiger partial charge in [-0.3, -0.25) is 9.59 Å². The zero-order valence-electron chi connectivity index (χ0n) is 13.3. The number of hydrogen-bond acceptors (Lipinski definition) is 2. The third-order valence-electron chi connectivity index (χ3n) is 5.77. The fraction of sp³-hybridized carbons (Fsp3) is 0.882. The zero-order chi connectivity index (χ0) is 14.9. The summed E-state index contributed by atoms with van der Waals surface area (Å²) >= 11 is 0.